The number of morpholine rings is 1. The zero-order chi connectivity index (χ0) is 20.9. The van der Waals surface area contributed by atoms with Crippen molar-refractivity contribution >= 4 is 11.5 Å². The Kier molecular flexibility index (Phi) is 6.67. The Morgan fingerprint density at radius 1 is 1.10 bits per heavy atom. The van der Waals surface area contributed by atoms with Gasteiger partial charge < -0.3 is 19.5 Å². The number of anilines is 2. The van der Waals surface area contributed by atoms with Gasteiger partial charge in [-0.1, -0.05) is 43.2 Å². The smallest absolute Gasteiger partial charge is 0.266 e. The number of aromatic nitrogens is 1. The Morgan fingerprint density at radius 3 is 2.73 bits per heavy atom. The lowest BCUT2D eigenvalue weighted by Gasteiger charge is -2.36. The molecule has 2 fully saturated rings. The van der Waals surface area contributed by atoms with Crippen molar-refractivity contribution < 1.29 is 13.5 Å². The van der Waals surface area contributed by atoms with Crippen molar-refractivity contribution in [1.82, 2.24) is 4.98 Å². The molecule has 3 heterocycles. The van der Waals surface area contributed by atoms with Crippen LogP contribution >= 0.6 is 0 Å². The van der Waals surface area contributed by atoms with Crippen LogP contribution in [-0.4, -0.2) is 49.8 Å². The van der Waals surface area contributed by atoms with Crippen molar-refractivity contribution in [3.8, 4) is 0 Å². The number of ether oxygens (including phenoxy) is 1. The fourth-order valence-corrected chi connectivity index (χ4v) is 4.51. The number of pyridine rings is 1. The Morgan fingerprint density at radius 2 is 1.93 bits per heavy atom. The summed E-state index contributed by atoms with van der Waals surface area (Å²) in [6.07, 6.45) is 1.73. The van der Waals surface area contributed by atoms with E-state index in [1.165, 1.54) is 18.1 Å². The second-order valence-corrected chi connectivity index (χ2v) is 8.16. The molecule has 162 valence electrons. The third kappa shape index (κ3) is 5.01. The van der Waals surface area contributed by atoms with E-state index in [0.29, 0.717) is 18.3 Å². The van der Waals surface area contributed by atoms with Crippen LogP contribution in [0.25, 0.3) is 0 Å². The molecule has 0 spiro atoms. The molecule has 0 aliphatic carbocycles. The van der Waals surface area contributed by atoms with Gasteiger partial charge in [-0.2, -0.15) is 0 Å². The SMILES string of the molecule is O=c1cc(N2CCO[C@@H](C(F)F)C2)cc(N2CCCCC[C@@H]2Cc2ccccc2)[nH]1. The predicted molar refractivity (Wildman–Crippen MR) is 115 cm³/mol. The van der Waals surface area contributed by atoms with E-state index in [4.69, 9.17) is 4.74 Å². The third-order valence-electron chi connectivity index (χ3n) is 6.06. The van der Waals surface area contributed by atoms with Gasteiger partial charge in [-0.3, -0.25) is 4.79 Å². The van der Waals surface area contributed by atoms with Crippen molar-refractivity contribution in [1.29, 1.82) is 0 Å². The van der Waals surface area contributed by atoms with E-state index in [1.54, 1.807) is 0 Å². The summed E-state index contributed by atoms with van der Waals surface area (Å²) < 4.78 is 31.4. The monoisotopic (exact) mass is 417 g/mol. The molecule has 0 amide bonds. The van der Waals surface area contributed by atoms with Crippen LogP contribution in [-0.2, 0) is 11.2 Å². The molecule has 5 nitrogen and oxygen atoms in total. The maximum absolute atomic E-state index is 13.1. The fraction of sp³-hybridized carbons (Fsp3) is 0.522. The number of H-pyrrole nitrogens is 1. The summed E-state index contributed by atoms with van der Waals surface area (Å²) in [6.45, 7) is 1.70. The maximum Gasteiger partial charge on any atom is 0.266 e. The van der Waals surface area contributed by atoms with Gasteiger partial charge in [-0.05, 0) is 24.8 Å². The number of nitrogens with one attached hydrogen (secondary N) is 1. The Labute approximate surface area is 175 Å². The highest BCUT2D eigenvalue weighted by atomic mass is 19.3. The summed E-state index contributed by atoms with van der Waals surface area (Å²) in [6, 6.07) is 14.1. The normalized spacial score (nSPS) is 22.9. The van der Waals surface area contributed by atoms with E-state index in [2.05, 4.69) is 34.1 Å². The van der Waals surface area contributed by atoms with Crippen LogP contribution in [0.4, 0.5) is 20.3 Å². The van der Waals surface area contributed by atoms with Gasteiger partial charge in [0, 0.05) is 43.5 Å². The van der Waals surface area contributed by atoms with Crippen molar-refractivity contribution in [2.45, 2.75) is 50.7 Å². The molecule has 30 heavy (non-hydrogen) atoms. The van der Waals surface area contributed by atoms with Gasteiger partial charge in [0.05, 0.1) is 6.61 Å². The topological polar surface area (TPSA) is 48.6 Å². The zero-order valence-electron chi connectivity index (χ0n) is 17.1. The van der Waals surface area contributed by atoms with Gasteiger partial charge in [0.1, 0.15) is 11.9 Å². The standard InChI is InChI=1S/C23H29F2N3O2/c24-23(25)20-16-27(11-12-30-20)19-14-21(26-22(29)15-19)28-10-6-2-5-9-18(28)13-17-7-3-1-4-8-17/h1,3-4,7-8,14-15,18,20,23H,2,5-6,9-13,16H2,(H,26,29)/t18-,20-/m1/s1. The summed E-state index contributed by atoms with van der Waals surface area (Å²) in [5, 5.41) is 0. The summed E-state index contributed by atoms with van der Waals surface area (Å²) >= 11 is 0. The average Bonchev–Trinajstić information content (AvgIpc) is 2.99. The lowest BCUT2D eigenvalue weighted by Crippen LogP contribution is -2.46. The number of alkyl halides is 2. The minimum atomic E-state index is -2.53. The molecule has 7 heteroatoms. The molecule has 2 aliphatic rings. The van der Waals surface area contributed by atoms with Crippen molar-refractivity contribution in [3.63, 3.8) is 0 Å². The molecule has 2 aromatic rings. The first kappa shape index (κ1) is 20.8. The minimum absolute atomic E-state index is 0.0913. The average molecular weight is 418 g/mol. The van der Waals surface area contributed by atoms with E-state index in [-0.39, 0.29) is 18.7 Å². The molecule has 1 N–H and O–H groups in total. The first-order valence-electron chi connectivity index (χ1n) is 10.8. The van der Waals surface area contributed by atoms with Crippen LogP contribution in [0.15, 0.2) is 47.3 Å². The Balaban J connectivity index is 1.60. The number of nitrogens with zero attached hydrogens (tertiary/aromatic N) is 2. The van der Waals surface area contributed by atoms with Gasteiger partial charge in [-0.25, -0.2) is 8.78 Å². The Bertz CT molecular complexity index is 874. The van der Waals surface area contributed by atoms with E-state index in [1.807, 2.05) is 17.0 Å². The van der Waals surface area contributed by atoms with Crippen molar-refractivity contribution in [3.05, 3.63) is 58.4 Å². The molecule has 2 atom stereocenters. The predicted octanol–water partition coefficient (Wildman–Crippen LogP) is 3.84. The van der Waals surface area contributed by atoms with E-state index < -0.39 is 12.5 Å². The molecule has 1 aromatic carbocycles. The number of hydrogen-bond acceptors (Lipinski definition) is 4. The molecule has 0 saturated carbocycles. The molecule has 0 bridgehead atoms. The molecular formula is C23H29F2N3O2. The highest BCUT2D eigenvalue weighted by Gasteiger charge is 2.29. The van der Waals surface area contributed by atoms with Gasteiger partial charge in [0.25, 0.3) is 12.0 Å². The van der Waals surface area contributed by atoms with Gasteiger partial charge in [0.15, 0.2) is 0 Å². The molecule has 2 saturated heterocycles. The molecule has 0 radical (unpaired) electrons. The first-order valence-corrected chi connectivity index (χ1v) is 10.8. The van der Waals surface area contributed by atoms with Gasteiger partial charge in [-0.15, -0.1) is 0 Å². The fourth-order valence-electron chi connectivity index (χ4n) is 4.51. The molecule has 1 aromatic heterocycles. The maximum atomic E-state index is 13.1. The summed E-state index contributed by atoms with van der Waals surface area (Å²) in [7, 11) is 0. The van der Waals surface area contributed by atoms with Crippen molar-refractivity contribution in [2.75, 3.05) is 36.0 Å². The van der Waals surface area contributed by atoms with Crippen LogP contribution in [0.3, 0.4) is 0 Å². The second kappa shape index (κ2) is 9.60. The Hall–Kier alpha value is -2.41. The van der Waals surface area contributed by atoms with E-state index >= 15 is 0 Å². The van der Waals surface area contributed by atoms with Crippen LogP contribution in [0, 0.1) is 0 Å². The lowest BCUT2D eigenvalue weighted by molar-refractivity contribution is -0.0614. The number of hydrogen-bond donors (Lipinski definition) is 1. The van der Waals surface area contributed by atoms with Gasteiger partial charge >= 0.3 is 0 Å². The molecule has 4 rings (SSSR count). The molecular weight excluding hydrogens is 388 g/mol. The van der Waals surface area contributed by atoms with Crippen LogP contribution in [0.5, 0.6) is 0 Å². The number of benzene rings is 1. The third-order valence-corrected chi connectivity index (χ3v) is 6.06. The van der Waals surface area contributed by atoms with Crippen LogP contribution < -0.4 is 15.4 Å². The lowest BCUT2D eigenvalue weighted by atomic mass is 10.0. The number of aromatic amines is 1. The van der Waals surface area contributed by atoms with Gasteiger partial charge in [0.2, 0.25) is 0 Å². The van der Waals surface area contributed by atoms with Crippen molar-refractivity contribution in [2.24, 2.45) is 0 Å². The molecule has 2 aliphatic heterocycles. The first-order chi connectivity index (χ1) is 14.6. The van der Waals surface area contributed by atoms with Crippen LogP contribution in [0.1, 0.15) is 31.2 Å². The highest BCUT2D eigenvalue weighted by molar-refractivity contribution is 5.56. The largest absolute Gasteiger partial charge is 0.369 e. The summed E-state index contributed by atoms with van der Waals surface area (Å²) in [4.78, 5) is 19.6. The number of rotatable bonds is 5. The van der Waals surface area contributed by atoms with E-state index in [0.717, 1.165) is 38.0 Å². The number of halogens is 2. The quantitative estimate of drug-likeness (QED) is 0.803. The summed E-state index contributed by atoms with van der Waals surface area (Å²) in [5.41, 5.74) is 1.76. The minimum Gasteiger partial charge on any atom is -0.369 e. The summed E-state index contributed by atoms with van der Waals surface area (Å²) in [5.74, 6) is 0.778. The van der Waals surface area contributed by atoms with E-state index in [9.17, 15) is 13.6 Å². The molecule has 0 unspecified atom stereocenters. The zero-order valence-corrected chi connectivity index (χ0v) is 17.1. The van der Waals surface area contributed by atoms with Crippen LogP contribution in [0.2, 0.25) is 0 Å². The second-order valence-electron chi connectivity index (χ2n) is 8.16. The highest BCUT2D eigenvalue weighted by Crippen LogP contribution is 2.28.